The molecule has 5 rings (SSSR count). The van der Waals surface area contributed by atoms with Crippen LogP contribution < -0.4 is 9.96 Å². The number of hydrogen-bond acceptors (Lipinski definition) is 1. The number of rotatable bonds is 2. The van der Waals surface area contributed by atoms with Crippen molar-refractivity contribution in [2.24, 2.45) is 0 Å². The van der Waals surface area contributed by atoms with Gasteiger partial charge in [0.2, 0.25) is 0 Å². The van der Waals surface area contributed by atoms with E-state index < -0.39 is 0 Å². The molecule has 2 nitrogen and oxygen atoms in total. The Hall–Kier alpha value is -3.10. The van der Waals surface area contributed by atoms with Crippen LogP contribution in [-0.4, -0.2) is 23.8 Å². The van der Waals surface area contributed by atoms with Gasteiger partial charge in [-0.2, -0.15) is 0 Å². The lowest BCUT2D eigenvalue weighted by atomic mass is 9.92. The summed E-state index contributed by atoms with van der Waals surface area (Å²) in [5.41, 5.74) is 2.22. The van der Waals surface area contributed by atoms with E-state index in [-0.39, 0.29) is 0 Å². The van der Waals surface area contributed by atoms with E-state index in [0.29, 0.717) is 5.17 Å². The summed E-state index contributed by atoms with van der Waals surface area (Å²) >= 11 is 6.47. The maximum atomic E-state index is 6.47. The molecule has 0 saturated heterocycles. The van der Waals surface area contributed by atoms with Crippen LogP contribution >= 0.6 is 11.6 Å². The van der Waals surface area contributed by atoms with Gasteiger partial charge in [-0.1, -0.05) is 54.6 Å². The fraction of sp³-hybridized carbons (Fsp3) is 0.0800. The first-order chi connectivity index (χ1) is 13.6. The van der Waals surface area contributed by atoms with Crippen LogP contribution in [0.25, 0.3) is 39.5 Å². The van der Waals surface area contributed by atoms with E-state index in [1.807, 2.05) is 42.9 Å². The highest BCUT2D eigenvalue weighted by molar-refractivity contribution is 6.71. The first kappa shape index (κ1) is 17.0. The first-order valence-electron chi connectivity index (χ1n) is 9.26. The van der Waals surface area contributed by atoms with Gasteiger partial charge < -0.3 is 4.74 Å². The fourth-order valence-corrected chi connectivity index (χ4v) is 3.93. The van der Waals surface area contributed by atoms with Crippen molar-refractivity contribution < 1.29 is 9.31 Å². The lowest BCUT2D eigenvalue weighted by Gasteiger charge is -2.21. The monoisotopic (exact) mass is 384 g/mol. The average molecular weight is 385 g/mol. The quantitative estimate of drug-likeness (QED) is 0.338. The third kappa shape index (κ3) is 2.69. The highest BCUT2D eigenvalue weighted by atomic mass is 35.5. The van der Waals surface area contributed by atoms with Crippen LogP contribution in [0.5, 0.6) is 5.75 Å². The summed E-state index contributed by atoms with van der Waals surface area (Å²) in [6, 6.07) is 23.0. The SMILES string of the molecule is C[N+](C)=C(Cl)/C=c1\cc2c3c(ccc4cccc1c43)OC(c1ccccc1)=C2. The fourth-order valence-electron chi connectivity index (χ4n) is 3.81. The van der Waals surface area contributed by atoms with Crippen LogP contribution in [0.2, 0.25) is 0 Å². The number of benzene rings is 4. The van der Waals surface area contributed by atoms with Gasteiger partial charge in [0, 0.05) is 22.4 Å². The molecule has 0 saturated carbocycles. The predicted octanol–water partition coefficient (Wildman–Crippen LogP) is 5.29. The lowest BCUT2D eigenvalue weighted by molar-refractivity contribution is -0.460. The van der Waals surface area contributed by atoms with Gasteiger partial charge in [0.25, 0.3) is 5.17 Å². The molecule has 1 aliphatic heterocycles. The van der Waals surface area contributed by atoms with Crippen molar-refractivity contribution in [1.82, 2.24) is 0 Å². The maximum absolute atomic E-state index is 6.47. The molecule has 0 spiro atoms. The van der Waals surface area contributed by atoms with Crippen LogP contribution in [0.3, 0.4) is 0 Å². The largest absolute Gasteiger partial charge is 0.456 e. The van der Waals surface area contributed by atoms with Crippen LogP contribution in [0.15, 0.2) is 66.7 Å². The molecule has 0 N–H and O–H groups in total. The second-order valence-electron chi connectivity index (χ2n) is 7.24. The Labute approximate surface area is 168 Å². The highest BCUT2D eigenvalue weighted by Gasteiger charge is 2.19. The Morgan fingerprint density at radius 3 is 2.54 bits per heavy atom. The lowest BCUT2D eigenvalue weighted by Crippen LogP contribution is -2.12. The number of hydrogen-bond donors (Lipinski definition) is 0. The van der Waals surface area contributed by atoms with Crippen LogP contribution in [0.4, 0.5) is 0 Å². The number of halogens is 1. The van der Waals surface area contributed by atoms with Crippen molar-refractivity contribution in [2.45, 2.75) is 0 Å². The molecule has 136 valence electrons. The predicted molar refractivity (Wildman–Crippen MR) is 119 cm³/mol. The summed E-state index contributed by atoms with van der Waals surface area (Å²) in [5, 5.41) is 6.56. The molecule has 0 unspecified atom stereocenters. The Bertz CT molecular complexity index is 1350. The molecule has 0 fully saturated rings. The zero-order valence-electron chi connectivity index (χ0n) is 15.7. The van der Waals surface area contributed by atoms with E-state index in [0.717, 1.165) is 33.2 Å². The summed E-state index contributed by atoms with van der Waals surface area (Å²) in [7, 11) is 3.90. The summed E-state index contributed by atoms with van der Waals surface area (Å²) < 4.78 is 8.21. The standard InChI is InChI=1S/C25H19ClNO/c1-27(2)23(26)15-18-13-19-14-22(16-7-4-3-5-8-16)28-21-12-11-17-9-6-10-20(18)24(17)25(19)21/h3-15H,1-2H3/q+1/b18-15+. The van der Waals surface area contributed by atoms with Crippen LogP contribution in [0, 0.1) is 0 Å². The normalized spacial score (nSPS) is 13.5. The maximum Gasteiger partial charge on any atom is 0.269 e. The summed E-state index contributed by atoms with van der Waals surface area (Å²) in [4.78, 5) is 0. The second-order valence-corrected chi connectivity index (χ2v) is 7.62. The third-order valence-corrected chi connectivity index (χ3v) is 5.63. The van der Waals surface area contributed by atoms with Gasteiger partial charge in [-0.15, -0.1) is 0 Å². The topological polar surface area (TPSA) is 12.2 Å². The molecule has 4 aromatic rings. The van der Waals surface area contributed by atoms with E-state index in [9.17, 15) is 0 Å². The van der Waals surface area contributed by atoms with Gasteiger partial charge in [-0.05, 0) is 51.4 Å². The molecule has 3 heteroatoms. The van der Waals surface area contributed by atoms with E-state index >= 15 is 0 Å². The molecule has 0 amide bonds. The molecule has 4 aromatic carbocycles. The summed E-state index contributed by atoms with van der Waals surface area (Å²) in [6.45, 7) is 0. The molecule has 0 aliphatic carbocycles. The molecular formula is C25H19ClNO+. The first-order valence-corrected chi connectivity index (χ1v) is 9.64. The van der Waals surface area contributed by atoms with E-state index in [4.69, 9.17) is 16.3 Å². The smallest absolute Gasteiger partial charge is 0.269 e. The summed E-state index contributed by atoms with van der Waals surface area (Å²) in [6.07, 6.45) is 4.16. The molecule has 1 heterocycles. The van der Waals surface area contributed by atoms with Gasteiger partial charge in [0.05, 0.1) is 0 Å². The van der Waals surface area contributed by atoms with Crippen molar-refractivity contribution in [3.63, 3.8) is 0 Å². The van der Waals surface area contributed by atoms with Crippen molar-refractivity contribution >= 4 is 56.2 Å². The third-order valence-electron chi connectivity index (χ3n) is 5.18. The van der Waals surface area contributed by atoms with Gasteiger partial charge in [0.15, 0.2) is 0 Å². The van der Waals surface area contributed by atoms with Gasteiger partial charge in [0.1, 0.15) is 25.6 Å². The zero-order chi connectivity index (χ0) is 19.3. The van der Waals surface area contributed by atoms with Gasteiger partial charge >= 0.3 is 0 Å². The Morgan fingerprint density at radius 2 is 1.75 bits per heavy atom. The average Bonchev–Trinajstić information content (AvgIpc) is 2.72. The minimum atomic E-state index is 0.697. The molecule has 0 bridgehead atoms. The van der Waals surface area contributed by atoms with Crippen LogP contribution in [-0.2, 0) is 0 Å². The summed E-state index contributed by atoms with van der Waals surface area (Å²) in [5.74, 6) is 1.76. The van der Waals surface area contributed by atoms with Crippen LogP contribution in [0.1, 0.15) is 11.1 Å². The number of nitrogens with zero attached hydrogens (tertiary/aromatic N) is 1. The minimum absolute atomic E-state index is 0.697. The van der Waals surface area contributed by atoms with E-state index in [1.165, 1.54) is 16.2 Å². The minimum Gasteiger partial charge on any atom is -0.456 e. The van der Waals surface area contributed by atoms with Crippen molar-refractivity contribution in [3.05, 3.63) is 83.1 Å². The Balaban J connectivity index is 1.89. The van der Waals surface area contributed by atoms with Crippen molar-refractivity contribution in [1.29, 1.82) is 0 Å². The van der Waals surface area contributed by atoms with E-state index in [2.05, 4.69) is 54.6 Å². The number of ether oxygens (including phenoxy) is 1. The molecule has 0 atom stereocenters. The van der Waals surface area contributed by atoms with E-state index in [1.54, 1.807) is 0 Å². The highest BCUT2D eigenvalue weighted by Crippen LogP contribution is 2.40. The molecule has 0 radical (unpaired) electrons. The van der Waals surface area contributed by atoms with Gasteiger partial charge in [-0.25, -0.2) is 4.58 Å². The zero-order valence-corrected chi connectivity index (χ0v) is 16.5. The molecule has 0 aromatic heterocycles. The molecular weight excluding hydrogens is 366 g/mol. The Kier molecular flexibility index (Phi) is 3.96. The molecule has 28 heavy (non-hydrogen) atoms. The van der Waals surface area contributed by atoms with Gasteiger partial charge in [-0.3, -0.25) is 0 Å². The van der Waals surface area contributed by atoms with Crippen molar-refractivity contribution in [2.75, 3.05) is 14.1 Å². The molecule has 1 aliphatic rings. The second kappa shape index (κ2) is 6.50. The Morgan fingerprint density at radius 1 is 0.929 bits per heavy atom. The van der Waals surface area contributed by atoms with Crippen molar-refractivity contribution in [3.8, 4) is 5.75 Å².